The zero-order valence-corrected chi connectivity index (χ0v) is 15.7. The standard InChI is InChI=1S/C18H27BN2O4/c1-13-12-20(10-11-21(13)16(22)23)15-8-6-14(7-9-15)19-24-17(2,3)18(4,5)25-19/h6-9,13H,10-12H2,1-5H3,(H,22,23)/t13-/m0/s1. The van der Waals surface area contributed by atoms with Crippen molar-refractivity contribution in [2.45, 2.75) is 51.9 Å². The zero-order chi connectivity index (χ0) is 18.4. The van der Waals surface area contributed by atoms with Crippen LogP contribution < -0.4 is 10.4 Å². The van der Waals surface area contributed by atoms with Crippen molar-refractivity contribution in [1.29, 1.82) is 0 Å². The van der Waals surface area contributed by atoms with Crippen LogP contribution in [0.5, 0.6) is 0 Å². The lowest BCUT2D eigenvalue weighted by molar-refractivity contribution is 0.00578. The van der Waals surface area contributed by atoms with Crippen molar-refractivity contribution in [3.8, 4) is 0 Å². The average Bonchev–Trinajstić information content (AvgIpc) is 2.75. The summed E-state index contributed by atoms with van der Waals surface area (Å²) in [4.78, 5) is 14.9. The molecular weight excluding hydrogens is 319 g/mol. The lowest BCUT2D eigenvalue weighted by Gasteiger charge is -2.39. The Labute approximate surface area is 149 Å². The largest absolute Gasteiger partial charge is 0.494 e. The van der Waals surface area contributed by atoms with Gasteiger partial charge in [0.25, 0.3) is 0 Å². The van der Waals surface area contributed by atoms with E-state index in [1.165, 1.54) is 4.90 Å². The predicted molar refractivity (Wildman–Crippen MR) is 98.6 cm³/mol. The van der Waals surface area contributed by atoms with Crippen molar-refractivity contribution in [2.75, 3.05) is 24.5 Å². The quantitative estimate of drug-likeness (QED) is 0.832. The Balaban J connectivity index is 1.69. The Morgan fingerprint density at radius 1 is 1.12 bits per heavy atom. The maximum atomic E-state index is 11.2. The second-order valence-electron chi connectivity index (χ2n) is 7.95. The number of amides is 1. The van der Waals surface area contributed by atoms with Crippen molar-refractivity contribution in [3.05, 3.63) is 24.3 Å². The monoisotopic (exact) mass is 346 g/mol. The van der Waals surface area contributed by atoms with Crippen LogP contribution in [0.15, 0.2) is 24.3 Å². The van der Waals surface area contributed by atoms with Gasteiger partial charge in [-0.3, -0.25) is 0 Å². The van der Waals surface area contributed by atoms with Gasteiger partial charge in [0.05, 0.1) is 11.2 Å². The summed E-state index contributed by atoms with van der Waals surface area (Å²) in [6.07, 6.45) is -0.844. The highest BCUT2D eigenvalue weighted by atomic mass is 16.7. The fourth-order valence-electron chi connectivity index (χ4n) is 3.30. The third-order valence-electron chi connectivity index (χ3n) is 5.66. The smallest absolute Gasteiger partial charge is 0.465 e. The molecule has 0 spiro atoms. The molecule has 2 aliphatic rings. The molecule has 1 amide bonds. The molecule has 1 N–H and O–H groups in total. The van der Waals surface area contributed by atoms with Gasteiger partial charge >= 0.3 is 13.2 Å². The Morgan fingerprint density at radius 2 is 1.68 bits per heavy atom. The van der Waals surface area contributed by atoms with Gasteiger partial charge in [-0.1, -0.05) is 12.1 Å². The van der Waals surface area contributed by atoms with Crippen molar-refractivity contribution in [1.82, 2.24) is 4.90 Å². The normalized spacial score (nSPS) is 25.3. The summed E-state index contributed by atoms with van der Waals surface area (Å²) in [5, 5.41) is 9.19. The van der Waals surface area contributed by atoms with E-state index in [0.717, 1.165) is 11.2 Å². The van der Waals surface area contributed by atoms with E-state index in [9.17, 15) is 9.90 Å². The van der Waals surface area contributed by atoms with Gasteiger partial charge in [0.15, 0.2) is 0 Å². The summed E-state index contributed by atoms with van der Waals surface area (Å²) in [5.74, 6) is 0. The molecule has 2 saturated heterocycles. The molecule has 25 heavy (non-hydrogen) atoms. The van der Waals surface area contributed by atoms with E-state index in [1.54, 1.807) is 0 Å². The van der Waals surface area contributed by atoms with Crippen LogP contribution in [0, 0.1) is 0 Å². The summed E-state index contributed by atoms with van der Waals surface area (Å²) in [6.45, 7) is 12.0. The van der Waals surface area contributed by atoms with Gasteiger partial charge in [0.2, 0.25) is 0 Å². The van der Waals surface area contributed by atoms with Crippen LogP contribution in [0.4, 0.5) is 10.5 Å². The molecule has 136 valence electrons. The summed E-state index contributed by atoms with van der Waals surface area (Å²) >= 11 is 0. The van der Waals surface area contributed by atoms with E-state index < -0.39 is 6.09 Å². The lowest BCUT2D eigenvalue weighted by atomic mass is 9.79. The molecule has 2 fully saturated rings. The lowest BCUT2D eigenvalue weighted by Crippen LogP contribution is -2.53. The predicted octanol–water partition coefficient (Wildman–Crippen LogP) is 2.17. The fraction of sp³-hybridized carbons (Fsp3) is 0.611. The number of benzene rings is 1. The number of hydrogen-bond donors (Lipinski definition) is 1. The van der Waals surface area contributed by atoms with Gasteiger partial charge in [-0.2, -0.15) is 0 Å². The number of anilines is 1. The third kappa shape index (κ3) is 3.35. The summed E-state index contributed by atoms with van der Waals surface area (Å²) in [6, 6.07) is 8.17. The minimum atomic E-state index is -0.844. The second kappa shape index (κ2) is 6.22. The molecule has 1 atom stereocenters. The van der Waals surface area contributed by atoms with E-state index >= 15 is 0 Å². The molecule has 0 aromatic heterocycles. The van der Waals surface area contributed by atoms with Gasteiger partial charge in [0.1, 0.15) is 0 Å². The molecule has 7 heteroatoms. The number of nitrogens with zero attached hydrogens (tertiary/aromatic N) is 2. The first-order valence-electron chi connectivity index (χ1n) is 8.81. The van der Waals surface area contributed by atoms with Crippen molar-refractivity contribution in [3.63, 3.8) is 0 Å². The van der Waals surface area contributed by atoms with Crippen LogP contribution in [0.1, 0.15) is 34.6 Å². The van der Waals surface area contributed by atoms with Crippen molar-refractivity contribution in [2.24, 2.45) is 0 Å². The first kappa shape index (κ1) is 18.1. The average molecular weight is 346 g/mol. The van der Waals surface area contributed by atoms with Crippen molar-refractivity contribution >= 4 is 24.4 Å². The maximum absolute atomic E-state index is 11.2. The van der Waals surface area contributed by atoms with Gasteiger partial charge in [-0.25, -0.2) is 4.79 Å². The molecule has 0 bridgehead atoms. The van der Waals surface area contributed by atoms with Crippen LogP contribution in [0.3, 0.4) is 0 Å². The molecular formula is C18H27BN2O4. The van der Waals surface area contributed by atoms with E-state index in [4.69, 9.17) is 9.31 Å². The van der Waals surface area contributed by atoms with Crippen LogP contribution in [0.25, 0.3) is 0 Å². The van der Waals surface area contributed by atoms with E-state index in [0.29, 0.717) is 19.6 Å². The topological polar surface area (TPSA) is 62.2 Å². The number of carboxylic acid groups (broad SMARTS) is 1. The number of rotatable bonds is 2. The molecule has 0 unspecified atom stereocenters. The Morgan fingerprint density at radius 3 is 2.16 bits per heavy atom. The minimum Gasteiger partial charge on any atom is -0.465 e. The summed E-state index contributed by atoms with van der Waals surface area (Å²) < 4.78 is 12.2. The van der Waals surface area contributed by atoms with Gasteiger partial charge in [0, 0.05) is 31.4 Å². The molecule has 3 rings (SSSR count). The minimum absolute atomic E-state index is 0.0194. The molecule has 6 nitrogen and oxygen atoms in total. The summed E-state index contributed by atoms with van der Waals surface area (Å²) in [7, 11) is -0.359. The number of piperazine rings is 1. The zero-order valence-electron chi connectivity index (χ0n) is 15.7. The van der Waals surface area contributed by atoms with Gasteiger partial charge in [-0.05, 0) is 52.2 Å². The molecule has 1 aromatic rings. The van der Waals surface area contributed by atoms with Crippen LogP contribution in [0.2, 0.25) is 0 Å². The first-order chi connectivity index (χ1) is 11.6. The SMILES string of the molecule is C[C@H]1CN(c2ccc(B3OC(C)(C)C(C)(C)O3)cc2)CCN1C(=O)O. The van der Waals surface area contributed by atoms with Gasteiger partial charge in [-0.15, -0.1) is 0 Å². The molecule has 0 radical (unpaired) electrons. The third-order valence-corrected chi connectivity index (χ3v) is 5.66. The van der Waals surface area contributed by atoms with Gasteiger partial charge < -0.3 is 24.2 Å². The maximum Gasteiger partial charge on any atom is 0.494 e. The number of carbonyl (C=O) groups is 1. The van der Waals surface area contributed by atoms with Crippen LogP contribution in [-0.2, 0) is 9.31 Å². The Kier molecular flexibility index (Phi) is 4.49. The summed E-state index contributed by atoms with van der Waals surface area (Å²) in [5.41, 5.74) is 1.40. The molecule has 1 aromatic carbocycles. The first-order valence-corrected chi connectivity index (χ1v) is 8.81. The fourth-order valence-corrected chi connectivity index (χ4v) is 3.30. The van der Waals surface area contributed by atoms with Crippen molar-refractivity contribution < 1.29 is 19.2 Å². The second-order valence-corrected chi connectivity index (χ2v) is 7.95. The van der Waals surface area contributed by atoms with Crippen LogP contribution >= 0.6 is 0 Å². The molecule has 2 heterocycles. The highest BCUT2D eigenvalue weighted by Crippen LogP contribution is 2.36. The van der Waals surface area contributed by atoms with E-state index in [1.807, 2.05) is 46.8 Å². The van der Waals surface area contributed by atoms with E-state index in [-0.39, 0.29) is 24.4 Å². The van der Waals surface area contributed by atoms with Crippen LogP contribution in [-0.4, -0.2) is 60.1 Å². The highest BCUT2D eigenvalue weighted by molar-refractivity contribution is 6.62. The number of hydrogen-bond acceptors (Lipinski definition) is 4. The molecule has 2 aliphatic heterocycles. The molecule has 0 saturated carbocycles. The van der Waals surface area contributed by atoms with E-state index in [2.05, 4.69) is 17.0 Å². The molecule has 0 aliphatic carbocycles. The Hall–Kier alpha value is -1.73. The Bertz CT molecular complexity index is 631. The highest BCUT2D eigenvalue weighted by Gasteiger charge is 2.51.